The Balaban J connectivity index is 3.05. The summed E-state index contributed by atoms with van der Waals surface area (Å²) in [6.07, 6.45) is 2.85. The average Bonchev–Trinajstić information content (AvgIpc) is 2.58. The molecule has 0 bridgehead atoms. The first-order chi connectivity index (χ1) is 7.34. The molecule has 0 N–H and O–H groups in total. The second kappa shape index (κ2) is 4.31. The van der Waals surface area contributed by atoms with Crippen LogP contribution in [0.1, 0.15) is 32.4 Å². The molecule has 4 nitrogen and oxygen atoms in total. The first-order valence-electron chi connectivity index (χ1n) is 4.93. The first kappa shape index (κ1) is 12.2. The Morgan fingerprint density at radius 3 is 2.56 bits per heavy atom. The van der Waals surface area contributed by atoms with Crippen LogP contribution in [0.3, 0.4) is 0 Å². The van der Waals surface area contributed by atoms with E-state index in [9.17, 15) is 4.79 Å². The van der Waals surface area contributed by atoms with Gasteiger partial charge in [0.2, 0.25) is 5.89 Å². The third-order valence-corrected chi connectivity index (χ3v) is 1.95. The number of nitriles is 1. The van der Waals surface area contributed by atoms with Crippen molar-refractivity contribution in [2.75, 3.05) is 0 Å². The Bertz CT molecular complexity index is 470. The van der Waals surface area contributed by atoms with Crippen LogP contribution >= 0.6 is 0 Å². The van der Waals surface area contributed by atoms with Gasteiger partial charge in [0.05, 0.1) is 5.69 Å². The fraction of sp³-hybridized carbons (Fsp3) is 0.417. The summed E-state index contributed by atoms with van der Waals surface area (Å²) in [5.74, 6) is 0.0671. The number of hydrogen-bond acceptors (Lipinski definition) is 4. The fourth-order valence-corrected chi connectivity index (χ4v) is 1.11. The number of carbonyl (C=O) groups excluding carboxylic acids is 1. The van der Waals surface area contributed by atoms with E-state index in [4.69, 9.17) is 9.68 Å². The summed E-state index contributed by atoms with van der Waals surface area (Å²) in [7, 11) is 0. The molecule has 4 heteroatoms. The molecule has 16 heavy (non-hydrogen) atoms. The van der Waals surface area contributed by atoms with Crippen molar-refractivity contribution >= 4 is 11.9 Å². The van der Waals surface area contributed by atoms with E-state index in [-0.39, 0.29) is 17.2 Å². The van der Waals surface area contributed by atoms with Crippen LogP contribution in [0.15, 0.2) is 16.3 Å². The van der Waals surface area contributed by atoms with Crippen molar-refractivity contribution in [1.29, 1.82) is 5.26 Å². The molecule has 0 atom stereocenters. The molecule has 1 aromatic rings. The topological polar surface area (TPSA) is 66.9 Å². The minimum Gasteiger partial charge on any atom is -0.445 e. The van der Waals surface area contributed by atoms with Gasteiger partial charge in [-0.1, -0.05) is 20.8 Å². The molecular formula is C12H14N2O2. The lowest BCUT2D eigenvalue weighted by Gasteiger charge is -2.14. The molecule has 1 heterocycles. The number of ketones is 1. The minimum absolute atomic E-state index is 0.0642. The summed E-state index contributed by atoms with van der Waals surface area (Å²) in [6.45, 7) is 7.07. The molecule has 0 amide bonds. The van der Waals surface area contributed by atoms with Gasteiger partial charge in [-0.2, -0.15) is 5.26 Å². The van der Waals surface area contributed by atoms with E-state index >= 15 is 0 Å². The van der Waals surface area contributed by atoms with Crippen molar-refractivity contribution in [3.63, 3.8) is 0 Å². The van der Waals surface area contributed by atoms with E-state index < -0.39 is 5.41 Å². The van der Waals surface area contributed by atoms with Gasteiger partial charge in [0.15, 0.2) is 5.78 Å². The highest BCUT2D eigenvalue weighted by molar-refractivity contribution is 6.05. The smallest absolute Gasteiger partial charge is 0.220 e. The molecule has 0 saturated carbocycles. The van der Waals surface area contributed by atoms with E-state index in [1.54, 1.807) is 27.7 Å². The molecule has 84 valence electrons. The maximum Gasteiger partial charge on any atom is 0.220 e. The average molecular weight is 218 g/mol. The monoisotopic (exact) mass is 218 g/mol. The molecule has 0 saturated heterocycles. The third kappa shape index (κ3) is 2.80. The fourth-order valence-electron chi connectivity index (χ4n) is 1.11. The predicted octanol–water partition coefficient (Wildman–Crippen LogP) is 2.51. The number of Topliss-reactive ketones (excluding diaryl/α,β-unsaturated/α-hetero) is 1. The van der Waals surface area contributed by atoms with Gasteiger partial charge in [-0.3, -0.25) is 4.79 Å². The van der Waals surface area contributed by atoms with Crippen molar-refractivity contribution in [3.05, 3.63) is 23.4 Å². The normalized spacial score (nSPS) is 12.3. The summed E-state index contributed by atoms with van der Waals surface area (Å²) in [4.78, 5) is 15.9. The van der Waals surface area contributed by atoms with Gasteiger partial charge in [-0.15, -0.1) is 0 Å². The number of allylic oxidation sites excluding steroid dienone is 1. The Hall–Kier alpha value is -1.89. The lowest BCUT2D eigenvalue weighted by molar-refractivity contribution is -0.121. The number of aromatic nitrogens is 1. The van der Waals surface area contributed by atoms with E-state index in [2.05, 4.69) is 4.98 Å². The number of rotatable bonds is 2. The van der Waals surface area contributed by atoms with Crippen molar-refractivity contribution in [2.45, 2.75) is 27.7 Å². The van der Waals surface area contributed by atoms with Crippen molar-refractivity contribution in [3.8, 4) is 6.07 Å². The number of nitrogens with zero attached hydrogens (tertiary/aromatic N) is 2. The lowest BCUT2D eigenvalue weighted by atomic mass is 9.86. The molecule has 0 unspecified atom stereocenters. The second-order valence-corrected chi connectivity index (χ2v) is 4.58. The maximum absolute atomic E-state index is 11.8. The molecule has 0 spiro atoms. The van der Waals surface area contributed by atoms with Crippen LogP contribution in [0.4, 0.5) is 0 Å². The number of aryl methyl sites for hydroxylation is 1. The number of carbonyl (C=O) groups is 1. The first-order valence-corrected chi connectivity index (χ1v) is 4.93. The van der Waals surface area contributed by atoms with Crippen molar-refractivity contribution in [1.82, 2.24) is 4.98 Å². The molecule has 1 aromatic heterocycles. The van der Waals surface area contributed by atoms with E-state index in [0.29, 0.717) is 5.69 Å². The SMILES string of the molecule is Cc1coc(/C=C(\C#N)C(=O)C(C)(C)C)n1. The van der Waals surface area contributed by atoms with E-state index in [0.717, 1.165) is 0 Å². The molecule has 1 rings (SSSR count). The van der Waals surface area contributed by atoms with Crippen LogP contribution in [0.25, 0.3) is 6.08 Å². The second-order valence-electron chi connectivity index (χ2n) is 4.58. The largest absolute Gasteiger partial charge is 0.445 e. The van der Waals surface area contributed by atoms with E-state index in [1.807, 2.05) is 6.07 Å². The van der Waals surface area contributed by atoms with Gasteiger partial charge in [0, 0.05) is 11.5 Å². The molecule has 0 aliphatic carbocycles. The van der Waals surface area contributed by atoms with Gasteiger partial charge in [0.25, 0.3) is 0 Å². The van der Waals surface area contributed by atoms with Crippen molar-refractivity contribution < 1.29 is 9.21 Å². The van der Waals surface area contributed by atoms with Gasteiger partial charge in [0.1, 0.15) is 17.9 Å². The predicted molar refractivity (Wildman–Crippen MR) is 59.3 cm³/mol. The van der Waals surface area contributed by atoms with E-state index in [1.165, 1.54) is 12.3 Å². The van der Waals surface area contributed by atoms with Crippen LogP contribution in [0, 0.1) is 23.7 Å². The Labute approximate surface area is 94.6 Å². The molecule has 0 fully saturated rings. The summed E-state index contributed by atoms with van der Waals surface area (Å²) >= 11 is 0. The standard InChI is InChI=1S/C12H14N2O2/c1-8-7-16-10(14-8)5-9(6-13)11(15)12(2,3)4/h5,7H,1-4H3/b9-5+. The zero-order valence-electron chi connectivity index (χ0n) is 9.87. The number of oxazole rings is 1. The van der Waals surface area contributed by atoms with Crippen LogP contribution in [-0.2, 0) is 4.79 Å². The van der Waals surface area contributed by atoms with Gasteiger partial charge in [-0.25, -0.2) is 4.98 Å². The van der Waals surface area contributed by atoms with Crippen LogP contribution in [0.5, 0.6) is 0 Å². The minimum atomic E-state index is -0.580. The van der Waals surface area contributed by atoms with Gasteiger partial charge < -0.3 is 4.42 Å². The molecular weight excluding hydrogens is 204 g/mol. The molecule has 0 aliphatic heterocycles. The summed E-state index contributed by atoms with van der Waals surface area (Å²) in [5, 5.41) is 8.92. The summed E-state index contributed by atoms with van der Waals surface area (Å²) in [6, 6.07) is 1.88. The maximum atomic E-state index is 11.8. The third-order valence-electron chi connectivity index (χ3n) is 1.95. The van der Waals surface area contributed by atoms with Gasteiger partial charge >= 0.3 is 0 Å². The van der Waals surface area contributed by atoms with Crippen molar-refractivity contribution in [2.24, 2.45) is 5.41 Å². The molecule has 0 radical (unpaired) electrons. The summed E-state index contributed by atoms with van der Waals surface area (Å²) in [5.41, 5.74) is 0.199. The van der Waals surface area contributed by atoms with Crippen LogP contribution in [0.2, 0.25) is 0 Å². The molecule has 0 aromatic carbocycles. The lowest BCUT2D eigenvalue weighted by Crippen LogP contribution is -2.21. The highest BCUT2D eigenvalue weighted by Crippen LogP contribution is 2.21. The highest BCUT2D eigenvalue weighted by Gasteiger charge is 2.25. The zero-order valence-corrected chi connectivity index (χ0v) is 9.87. The number of hydrogen-bond donors (Lipinski definition) is 0. The van der Waals surface area contributed by atoms with Crippen LogP contribution in [-0.4, -0.2) is 10.8 Å². The van der Waals surface area contributed by atoms with Gasteiger partial charge in [-0.05, 0) is 6.92 Å². The quantitative estimate of drug-likeness (QED) is 0.565. The highest BCUT2D eigenvalue weighted by atomic mass is 16.3. The Morgan fingerprint density at radius 2 is 2.19 bits per heavy atom. The zero-order chi connectivity index (χ0) is 12.3. The Morgan fingerprint density at radius 1 is 1.56 bits per heavy atom. The molecule has 0 aliphatic rings. The Kier molecular flexibility index (Phi) is 3.28. The summed E-state index contributed by atoms with van der Waals surface area (Å²) < 4.78 is 5.07. The van der Waals surface area contributed by atoms with Crippen LogP contribution < -0.4 is 0 Å².